The van der Waals surface area contributed by atoms with Crippen LogP contribution in [0.15, 0.2) is 17.1 Å². The van der Waals surface area contributed by atoms with Crippen molar-refractivity contribution < 1.29 is 18.7 Å². The average Bonchev–Trinajstić information content (AvgIpc) is 3.49. The van der Waals surface area contributed by atoms with Gasteiger partial charge in [0.2, 0.25) is 5.43 Å². The summed E-state index contributed by atoms with van der Waals surface area (Å²) in [5, 5.41) is 9.26. The molecule has 10 heteroatoms. The molecule has 2 aliphatic rings. The Labute approximate surface area is 171 Å². The van der Waals surface area contributed by atoms with Gasteiger partial charge in [-0.1, -0.05) is 0 Å². The molecule has 29 heavy (non-hydrogen) atoms. The number of carboxylic acids is 1. The van der Waals surface area contributed by atoms with Gasteiger partial charge in [0, 0.05) is 31.4 Å². The van der Waals surface area contributed by atoms with Crippen LogP contribution < -0.4 is 16.1 Å². The van der Waals surface area contributed by atoms with Crippen molar-refractivity contribution in [2.45, 2.75) is 37.8 Å². The summed E-state index contributed by atoms with van der Waals surface area (Å²) in [5.41, 5.74) is 5.30. The third-order valence-electron chi connectivity index (χ3n) is 5.70. The molecule has 0 aromatic carbocycles. The molecular weight excluding hydrogens is 406 g/mol. The highest BCUT2D eigenvalue weighted by Gasteiger charge is 2.31. The molecule has 2 atom stereocenters. The van der Waals surface area contributed by atoms with Crippen LogP contribution in [0.4, 0.5) is 14.6 Å². The zero-order valence-corrected chi connectivity index (χ0v) is 16.5. The van der Waals surface area contributed by atoms with Crippen molar-refractivity contribution in [2.24, 2.45) is 11.7 Å². The smallest absolute Gasteiger partial charge is 0.341 e. The highest BCUT2D eigenvalue weighted by atomic mass is 35.5. The lowest BCUT2D eigenvalue weighted by atomic mass is 9.90. The Morgan fingerprint density at radius 3 is 2.66 bits per heavy atom. The third kappa shape index (κ3) is 3.93. The average molecular weight is 429 g/mol. The molecule has 1 saturated heterocycles. The molecule has 2 fully saturated rings. The van der Waals surface area contributed by atoms with Gasteiger partial charge in [-0.15, -0.1) is 12.4 Å². The van der Waals surface area contributed by atoms with E-state index in [1.54, 1.807) is 9.47 Å². The van der Waals surface area contributed by atoms with Crippen molar-refractivity contribution in [2.75, 3.05) is 24.7 Å². The zero-order chi connectivity index (χ0) is 20.0. The lowest BCUT2D eigenvalue weighted by molar-refractivity contribution is 0.0695. The summed E-state index contributed by atoms with van der Waals surface area (Å²) in [6.45, 7) is 0.413. The predicted octanol–water partition coefficient (Wildman–Crippen LogP) is 2.50. The summed E-state index contributed by atoms with van der Waals surface area (Å²) in [6.07, 6.45) is 4.04. The fraction of sp³-hybridized carbons (Fsp3) is 0.526. The van der Waals surface area contributed by atoms with E-state index in [0.29, 0.717) is 25.9 Å². The van der Waals surface area contributed by atoms with Crippen LogP contribution in [0.5, 0.6) is 0 Å². The van der Waals surface area contributed by atoms with E-state index in [1.165, 1.54) is 6.20 Å². The standard InChI is InChI=1S/C19H22F2N4O3.ClH/c20-5-3-10-4-6-24(9-15(10)22)18-14(21)7-12-16(26)13(19(27)28)8-25(11-1-2-11)17(12)23-18;/h7-8,10-11,15H,1-6,9,22H2,(H,27,28);1H. The van der Waals surface area contributed by atoms with Crippen LogP contribution in [0.2, 0.25) is 0 Å². The van der Waals surface area contributed by atoms with E-state index < -0.39 is 23.9 Å². The number of hydrogen-bond donors (Lipinski definition) is 2. The number of anilines is 1. The molecule has 0 radical (unpaired) electrons. The van der Waals surface area contributed by atoms with Crippen molar-refractivity contribution in [3.8, 4) is 0 Å². The SMILES string of the molecule is Cl.NC1CN(c2nc3c(cc2F)c(=O)c(C(=O)O)cn3C2CC2)CCC1CCF. The van der Waals surface area contributed by atoms with Gasteiger partial charge >= 0.3 is 5.97 Å². The van der Waals surface area contributed by atoms with Gasteiger partial charge in [-0.05, 0) is 37.7 Å². The van der Waals surface area contributed by atoms with E-state index in [2.05, 4.69) is 4.98 Å². The number of alkyl halides is 1. The lowest BCUT2D eigenvalue weighted by Crippen LogP contribution is -2.49. The number of nitrogens with zero attached hydrogens (tertiary/aromatic N) is 3. The summed E-state index contributed by atoms with van der Waals surface area (Å²) >= 11 is 0. The maximum absolute atomic E-state index is 14.8. The Morgan fingerprint density at radius 1 is 1.34 bits per heavy atom. The number of hydrogen-bond acceptors (Lipinski definition) is 5. The largest absolute Gasteiger partial charge is 0.477 e. The fourth-order valence-corrected chi connectivity index (χ4v) is 3.96. The fourth-order valence-electron chi connectivity index (χ4n) is 3.96. The second-order valence-corrected chi connectivity index (χ2v) is 7.62. The van der Waals surface area contributed by atoms with E-state index >= 15 is 0 Å². The Bertz CT molecular complexity index is 996. The number of aromatic nitrogens is 2. The molecule has 3 heterocycles. The molecular formula is C19H23ClF2N4O3. The number of fused-ring (bicyclic) bond motifs is 1. The first-order valence-corrected chi connectivity index (χ1v) is 9.46. The number of rotatable bonds is 5. The van der Waals surface area contributed by atoms with Crippen molar-refractivity contribution in [1.82, 2.24) is 9.55 Å². The van der Waals surface area contributed by atoms with Crippen molar-refractivity contribution in [1.29, 1.82) is 0 Å². The highest BCUT2D eigenvalue weighted by Crippen LogP contribution is 2.37. The van der Waals surface area contributed by atoms with Gasteiger partial charge in [0.25, 0.3) is 0 Å². The Balaban J connectivity index is 0.00000240. The summed E-state index contributed by atoms with van der Waals surface area (Å²) in [7, 11) is 0. The maximum atomic E-state index is 14.8. The predicted molar refractivity (Wildman–Crippen MR) is 107 cm³/mol. The van der Waals surface area contributed by atoms with Gasteiger partial charge in [-0.3, -0.25) is 9.18 Å². The molecule has 2 aromatic heterocycles. The number of piperidine rings is 1. The van der Waals surface area contributed by atoms with Crippen LogP contribution in [0.3, 0.4) is 0 Å². The first-order valence-electron chi connectivity index (χ1n) is 9.46. The molecule has 2 unspecified atom stereocenters. The Hall–Kier alpha value is -2.26. The minimum atomic E-state index is -1.34. The Kier molecular flexibility index (Phi) is 6.09. The van der Waals surface area contributed by atoms with Crippen molar-refractivity contribution in [3.63, 3.8) is 0 Å². The summed E-state index contributed by atoms with van der Waals surface area (Å²) in [5.74, 6) is -1.89. The van der Waals surface area contributed by atoms with E-state index in [1.807, 2.05) is 0 Å². The molecule has 7 nitrogen and oxygen atoms in total. The first kappa shape index (κ1) is 21.4. The van der Waals surface area contributed by atoms with E-state index in [4.69, 9.17) is 5.73 Å². The van der Waals surface area contributed by atoms with Crippen LogP contribution in [-0.4, -0.2) is 46.4 Å². The van der Waals surface area contributed by atoms with Gasteiger partial charge in [-0.25, -0.2) is 14.2 Å². The molecule has 1 aliphatic carbocycles. The van der Waals surface area contributed by atoms with E-state index in [9.17, 15) is 23.5 Å². The molecule has 0 spiro atoms. The molecule has 2 aromatic rings. The number of pyridine rings is 2. The van der Waals surface area contributed by atoms with Crippen LogP contribution in [0, 0.1) is 11.7 Å². The van der Waals surface area contributed by atoms with Crippen LogP contribution in [0.25, 0.3) is 11.0 Å². The van der Waals surface area contributed by atoms with Crippen LogP contribution in [0.1, 0.15) is 42.1 Å². The number of aromatic carboxylic acids is 1. The maximum Gasteiger partial charge on any atom is 0.341 e. The van der Waals surface area contributed by atoms with E-state index in [0.717, 1.165) is 18.9 Å². The Morgan fingerprint density at radius 2 is 2.07 bits per heavy atom. The first-order chi connectivity index (χ1) is 13.4. The second-order valence-electron chi connectivity index (χ2n) is 7.62. The third-order valence-corrected chi connectivity index (χ3v) is 5.70. The second kappa shape index (κ2) is 8.23. The monoisotopic (exact) mass is 428 g/mol. The molecule has 3 N–H and O–H groups in total. The van der Waals surface area contributed by atoms with Gasteiger partial charge in [-0.2, -0.15) is 0 Å². The van der Waals surface area contributed by atoms with Gasteiger partial charge in [0.05, 0.1) is 12.1 Å². The van der Waals surface area contributed by atoms with E-state index in [-0.39, 0.29) is 52.8 Å². The van der Waals surface area contributed by atoms with Crippen LogP contribution >= 0.6 is 12.4 Å². The number of nitrogens with two attached hydrogens (primary N) is 1. The summed E-state index contributed by atoms with van der Waals surface area (Å²) in [6, 6.07) is 0.843. The highest BCUT2D eigenvalue weighted by molar-refractivity contribution is 5.92. The van der Waals surface area contributed by atoms with Crippen LogP contribution in [-0.2, 0) is 0 Å². The number of carboxylic acid groups (broad SMARTS) is 1. The normalized spacial score (nSPS) is 21.8. The van der Waals surface area contributed by atoms with Gasteiger partial charge in [0.15, 0.2) is 11.6 Å². The lowest BCUT2D eigenvalue weighted by Gasteiger charge is -2.37. The molecule has 1 saturated carbocycles. The minimum absolute atomic E-state index is 0. The molecule has 4 rings (SSSR count). The van der Waals surface area contributed by atoms with Crippen molar-refractivity contribution >= 4 is 35.2 Å². The zero-order valence-electron chi connectivity index (χ0n) is 15.7. The number of carbonyl (C=O) groups is 1. The molecule has 1 aliphatic heterocycles. The molecule has 0 amide bonds. The summed E-state index contributed by atoms with van der Waals surface area (Å²) < 4.78 is 29.1. The van der Waals surface area contributed by atoms with Gasteiger partial charge in [0.1, 0.15) is 11.2 Å². The quantitative estimate of drug-likeness (QED) is 0.758. The van der Waals surface area contributed by atoms with Gasteiger partial charge < -0.3 is 20.3 Å². The topological polar surface area (TPSA) is 101 Å². The number of halogens is 3. The molecule has 0 bridgehead atoms. The minimum Gasteiger partial charge on any atom is -0.477 e. The van der Waals surface area contributed by atoms with Crippen molar-refractivity contribution in [3.05, 3.63) is 33.9 Å². The molecule has 158 valence electrons. The summed E-state index contributed by atoms with van der Waals surface area (Å²) in [4.78, 5) is 30.0.